The fourth-order valence-electron chi connectivity index (χ4n) is 1.94. The molecule has 1 N–H and O–H groups in total. The average Bonchev–Trinajstić information content (AvgIpc) is 2.58. The first-order valence-electron chi connectivity index (χ1n) is 8.13. The number of carbonyl (C=O) groups is 1. The Bertz CT molecular complexity index is 566. The molecule has 5 nitrogen and oxygen atoms in total. The number of nitriles is 1. The number of hydrogen-bond donors (Lipinski definition) is 1. The van der Waals surface area contributed by atoms with Gasteiger partial charge < -0.3 is 14.8 Å². The van der Waals surface area contributed by atoms with Gasteiger partial charge in [-0.3, -0.25) is 4.79 Å². The molecule has 0 fully saturated rings. The molecule has 5 heteroatoms. The maximum atomic E-state index is 12.5. The normalized spacial score (nSPS) is 13.0. The monoisotopic (exact) mass is 318 g/mol. The number of rotatable bonds is 9. The highest BCUT2D eigenvalue weighted by Crippen LogP contribution is 2.24. The molecule has 0 heterocycles. The molecule has 0 saturated heterocycles. The summed E-state index contributed by atoms with van der Waals surface area (Å²) in [7, 11) is 0. The van der Waals surface area contributed by atoms with Gasteiger partial charge in [-0.1, -0.05) is 20.8 Å². The fraction of sp³-hybridized carbons (Fsp3) is 0.556. The third kappa shape index (κ3) is 5.26. The minimum atomic E-state index is -0.903. The lowest BCUT2D eigenvalue weighted by molar-refractivity contribution is -0.139. The summed E-state index contributed by atoms with van der Waals surface area (Å²) < 4.78 is 11.2. The summed E-state index contributed by atoms with van der Waals surface area (Å²) in [6.07, 6.45) is 2.29. The van der Waals surface area contributed by atoms with Crippen LogP contribution in [0.5, 0.6) is 5.75 Å². The van der Waals surface area contributed by atoms with Crippen LogP contribution in [0.2, 0.25) is 0 Å². The van der Waals surface area contributed by atoms with E-state index in [0.29, 0.717) is 36.6 Å². The van der Waals surface area contributed by atoms with Gasteiger partial charge in [-0.15, -0.1) is 0 Å². The van der Waals surface area contributed by atoms with E-state index in [9.17, 15) is 10.1 Å². The quantitative estimate of drug-likeness (QED) is 0.750. The minimum absolute atomic E-state index is 0.243. The molecule has 1 aromatic carbocycles. The number of ether oxygens (including phenoxy) is 2. The molecule has 0 aliphatic rings. The molecule has 0 spiro atoms. The van der Waals surface area contributed by atoms with Gasteiger partial charge in [0, 0.05) is 6.61 Å². The topological polar surface area (TPSA) is 71.3 Å². The van der Waals surface area contributed by atoms with Gasteiger partial charge in [0.05, 0.1) is 17.9 Å². The third-order valence-corrected chi connectivity index (χ3v) is 3.61. The predicted molar refractivity (Wildman–Crippen MR) is 90.5 cm³/mol. The minimum Gasteiger partial charge on any atom is -0.494 e. The van der Waals surface area contributed by atoms with Gasteiger partial charge in [-0.05, 0) is 44.4 Å². The van der Waals surface area contributed by atoms with Gasteiger partial charge in [-0.25, -0.2) is 0 Å². The Kier molecular flexibility index (Phi) is 7.56. The maximum absolute atomic E-state index is 12.5. The highest BCUT2D eigenvalue weighted by molar-refractivity contribution is 5.98. The molecule has 0 bridgehead atoms. The second kappa shape index (κ2) is 9.16. The number of hydrogen-bond acceptors (Lipinski definition) is 4. The molecule has 0 aromatic heterocycles. The lowest BCUT2D eigenvalue weighted by Gasteiger charge is -2.27. The van der Waals surface area contributed by atoms with E-state index < -0.39 is 5.60 Å². The van der Waals surface area contributed by atoms with Crippen molar-refractivity contribution in [2.75, 3.05) is 18.5 Å². The largest absolute Gasteiger partial charge is 0.494 e. The first kappa shape index (κ1) is 19.0. The van der Waals surface area contributed by atoms with Crippen molar-refractivity contribution < 1.29 is 14.3 Å². The van der Waals surface area contributed by atoms with Crippen LogP contribution in [0.4, 0.5) is 5.69 Å². The van der Waals surface area contributed by atoms with Crippen molar-refractivity contribution in [1.29, 1.82) is 5.26 Å². The zero-order chi connectivity index (χ0) is 17.3. The fourth-order valence-corrected chi connectivity index (χ4v) is 1.94. The molecule has 23 heavy (non-hydrogen) atoms. The lowest BCUT2D eigenvalue weighted by atomic mass is 10.0. The summed E-state index contributed by atoms with van der Waals surface area (Å²) in [6.45, 7) is 8.80. The number of nitrogens with zero attached hydrogens (tertiary/aromatic N) is 1. The Balaban J connectivity index is 2.90. The second-order valence-electron chi connectivity index (χ2n) is 5.55. The van der Waals surface area contributed by atoms with Gasteiger partial charge in [-0.2, -0.15) is 5.26 Å². The Hall–Kier alpha value is -2.06. The summed E-state index contributed by atoms with van der Waals surface area (Å²) in [4.78, 5) is 12.5. The molecular formula is C18H26N2O3. The van der Waals surface area contributed by atoms with Crippen molar-refractivity contribution >= 4 is 11.6 Å². The molecule has 0 aliphatic carbocycles. The molecule has 1 aromatic rings. The van der Waals surface area contributed by atoms with Gasteiger partial charge >= 0.3 is 0 Å². The number of nitrogens with one attached hydrogen (secondary N) is 1. The van der Waals surface area contributed by atoms with E-state index in [2.05, 4.69) is 11.4 Å². The molecule has 0 aliphatic heterocycles. The highest BCUT2D eigenvalue weighted by atomic mass is 16.5. The number of amides is 1. The molecule has 1 rings (SSSR count). The Morgan fingerprint density at radius 2 is 1.96 bits per heavy atom. The van der Waals surface area contributed by atoms with E-state index in [-0.39, 0.29) is 5.91 Å². The van der Waals surface area contributed by atoms with Crippen LogP contribution in [0.25, 0.3) is 0 Å². The van der Waals surface area contributed by atoms with Crippen LogP contribution in [-0.2, 0) is 9.53 Å². The first-order chi connectivity index (χ1) is 11.0. The Morgan fingerprint density at radius 3 is 2.52 bits per heavy atom. The molecular weight excluding hydrogens is 292 g/mol. The van der Waals surface area contributed by atoms with Crippen molar-refractivity contribution in [2.45, 2.75) is 52.6 Å². The number of anilines is 1. The van der Waals surface area contributed by atoms with Gasteiger partial charge in [0.15, 0.2) is 0 Å². The van der Waals surface area contributed by atoms with Crippen molar-refractivity contribution in [3.8, 4) is 11.8 Å². The van der Waals surface area contributed by atoms with E-state index in [0.717, 1.165) is 12.8 Å². The van der Waals surface area contributed by atoms with Crippen LogP contribution in [0.15, 0.2) is 18.2 Å². The number of carbonyl (C=O) groups excluding carboxylic acids is 1. The average molecular weight is 318 g/mol. The second-order valence-corrected chi connectivity index (χ2v) is 5.55. The standard InChI is InChI=1S/C18H26N2O3/c1-5-10-22-15-8-9-16(14(12-15)13-19)20-17(21)18(4,7-3)23-11-6-2/h8-9,12H,5-7,10-11H2,1-4H3,(H,20,21). The zero-order valence-corrected chi connectivity index (χ0v) is 14.4. The lowest BCUT2D eigenvalue weighted by Crippen LogP contribution is -2.42. The maximum Gasteiger partial charge on any atom is 0.256 e. The van der Waals surface area contributed by atoms with Gasteiger partial charge in [0.1, 0.15) is 17.4 Å². The van der Waals surface area contributed by atoms with E-state index in [4.69, 9.17) is 9.47 Å². The summed E-state index contributed by atoms with van der Waals surface area (Å²) in [5, 5.41) is 12.1. The zero-order valence-electron chi connectivity index (χ0n) is 14.4. The van der Waals surface area contributed by atoms with Crippen LogP contribution in [0.1, 0.15) is 52.5 Å². The van der Waals surface area contributed by atoms with Crippen LogP contribution in [0, 0.1) is 11.3 Å². The van der Waals surface area contributed by atoms with Gasteiger partial charge in [0.25, 0.3) is 5.91 Å². The van der Waals surface area contributed by atoms with Crippen molar-refractivity contribution in [3.05, 3.63) is 23.8 Å². The summed E-state index contributed by atoms with van der Waals surface area (Å²) in [5.74, 6) is 0.383. The third-order valence-electron chi connectivity index (χ3n) is 3.61. The summed E-state index contributed by atoms with van der Waals surface area (Å²) in [5.41, 5.74) is -0.0536. The smallest absolute Gasteiger partial charge is 0.256 e. The number of benzene rings is 1. The van der Waals surface area contributed by atoms with Gasteiger partial charge in [0.2, 0.25) is 0 Å². The van der Waals surface area contributed by atoms with E-state index in [1.54, 1.807) is 25.1 Å². The molecule has 1 atom stereocenters. The Morgan fingerprint density at radius 1 is 1.26 bits per heavy atom. The Labute approximate surface area is 138 Å². The molecule has 126 valence electrons. The van der Waals surface area contributed by atoms with Crippen molar-refractivity contribution in [2.24, 2.45) is 0 Å². The van der Waals surface area contributed by atoms with Crippen LogP contribution < -0.4 is 10.1 Å². The van der Waals surface area contributed by atoms with Crippen LogP contribution >= 0.6 is 0 Å². The predicted octanol–water partition coefficient (Wildman–Crippen LogP) is 3.88. The SMILES string of the molecule is CCCOc1ccc(NC(=O)C(C)(CC)OCCC)c(C#N)c1. The molecule has 1 unspecified atom stereocenters. The van der Waals surface area contributed by atoms with E-state index in [1.165, 1.54) is 0 Å². The van der Waals surface area contributed by atoms with E-state index in [1.807, 2.05) is 20.8 Å². The summed E-state index contributed by atoms with van der Waals surface area (Å²) in [6, 6.07) is 7.18. The van der Waals surface area contributed by atoms with Crippen molar-refractivity contribution in [1.82, 2.24) is 0 Å². The van der Waals surface area contributed by atoms with Crippen molar-refractivity contribution in [3.63, 3.8) is 0 Å². The highest BCUT2D eigenvalue weighted by Gasteiger charge is 2.32. The summed E-state index contributed by atoms with van der Waals surface area (Å²) >= 11 is 0. The molecule has 1 amide bonds. The van der Waals surface area contributed by atoms with Crippen LogP contribution in [-0.4, -0.2) is 24.7 Å². The van der Waals surface area contributed by atoms with E-state index >= 15 is 0 Å². The molecule has 0 radical (unpaired) electrons. The first-order valence-corrected chi connectivity index (χ1v) is 8.13. The molecule has 0 saturated carbocycles. The van der Waals surface area contributed by atoms with Crippen LogP contribution in [0.3, 0.4) is 0 Å².